The Labute approximate surface area is 93.1 Å². The quantitative estimate of drug-likeness (QED) is 0.750. The number of aromatic nitrogens is 1. The number of aromatic carboxylic acids is 1. The van der Waals surface area contributed by atoms with Gasteiger partial charge in [0.2, 0.25) is 0 Å². The molecule has 0 saturated carbocycles. The zero-order chi connectivity index (χ0) is 11.1. The van der Waals surface area contributed by atoms with Crippen molar-refractivity contribution in [2.75, 3.05) is 18.0 Å². The van der Waals surface area contributed by atoms with Crippen molar-refractivity contribution < 1.29 is 9.90 Å². The summed E-state index contributed by atoms with van der Waals surface area (Å²) in [6.45, 7) is 1.94. The lowest BCUT2D eigenvalue weighted by molar-refractivity contribution is 0.0696. The Morgan fingerprint density at radius 2 is 2.44 bits per heavy atom. The van der Waals surface area contributed by atoms with Crippen LogP contribution in [0.15, 0.2) is 18.5 Å². The third-order valence-electron chi connectivity index (χ3n) is 3.36. The van der Waals surface area contributed by atoms with E-state index < -0.39 is 5.97 Å². The zero-order valence-corrected chi connectivity index (χ0v) is 8.76. The highest BCUT2D eigenvalue weighted by Gasteiger charge is 2.37. The average molecular weight is 219 g/mol. The molecule has 84 valence electrons. The van der Waals surface area contributed by atoms with Gasteiger partial charge in [-0.05, 0) is 12.5 Å². The molecule has 2 saturated heterocycles. The van der Waals surface area contributed by atoms with Crippen LogP contribution in [0.5, 0.6) is 0 Å². The minimum Gasteiger partial charge on any atom is -0.478 e. The van der Waals surface area contributed by atoms with Crippen molar-refractivity contribution in [2.45, 2.75) is 18.5 Å². The first-order chi connectivity index (χ1) is 7.74. The summed E-state index contributed by atoms with van der Waals surface area (Å²) >= 11 is 0. The number of carbonyl (C=O) groups is 1. The Morgan fingerprint density at radius 3 is 3.06 bits per heavy atom. The van der Waals surface area contributed by atoms with E-state index in [1.54, 1.807) is 12.3 Å². The van der Waals surface area contributed by atoms with Gasteiger partial charge in [0.1, 0.15) is 0 Å². The summed E-state index contributed by atoms with van der Waals surface area (Å²) in [5.41, 5.74) is 1.18. The molecule has 2 aliphatic heterocycles. The van der Waals surface area contributed by atoms with E-state index in [4.69, 9.17) is 5.11 Å². The van der Waals surface area contributed by atoms with Gasteiger partial charge in [-0.15, -0.1) is 0 Å². The normalized spacial score (nSPS) is 27.4. The van der Waals surface area contributed by atoms with Crippen LogP contribution in [-0.4, -0.2) is 41.2 Å². The number of carboxylic acids is 1. The fraction of sp³-hybridized carbons (Fsp3) is 0.455. The molecule has 3 heterocycles. The van der Waals surface area contributed by atoms with E-state index in [1.165, 1.54) is 6.20 Å². The van der Waals surface area contributed by atoms with Crippen LogP contribution in [0.25, 0.3) is 0 Å². The molecule has 5 nitrogen and oxygen atoms in total. The average Bonchev–Trinajstić information content (AvgIpc) is 2.91. The van der Waals surface area contributed by atoms with E-state index in [0.717, 1.165) is 25.2 Å². The number of nitrogens with one attached hydrogen (secondary N) is 1. The van der Waals surface area contributed by atoms with Crippen LogP contribution < -0.4 is 10.2 Å². The number of hydrogen-bond donors (Lipinski definition) is 2. The first-order valence-electron chi connectivity index (χ1n) is 5.42. The maximum Gasteiger partial charge on any atom is 0.337 e. The lowest BCUT2D eigenvalue weighted by Gasteiger charge is -2.29. The summed E-state index contributed by atoms with van der Waals surface area (Å²) in [7, 11) is 0. The molecule has 3 rings (SSSR count). The molecule has 0 unspecified atom stereocenters. The van der Waals surface area contributed by atoms with E-state index in [1.807, 2.05) is 0 Å². The molecule has 1 aromatic heterocycles. The number of fused-ring (bicyclic) bond motifs is 2. The smallest absolute Gasteiger partial charge is 0.337 e. The maximum absolute atomic E-state index is 10.9. The minimum absolute atomic E-state index is 0.258. The van der Waals surface area contributed by atoms with Crippen molar-refractivity contribution >= 4 is 11.7 Å². The first-order valence-corrected chi connectivity index (χ1v) is 5.42. The molecule has 0 aromatic carbocycles. The van der Waals surface area contributed by atoms with Crippen molar-refractivity contribution in [3.8, 4) is 0 Å². The highest BCUT2D eigenvalue weighted by Crippen LogP contribution is 2.29. The summed E-state index contributed by atoms with van der Waals surface area (Å²) in [6.07, 6.45) is 4.28. The number of hydrogen-bond acceptors (Lipinski definition) is 4. The Kier molecular flexibility index (Phi) is 2.07. The number of pyridine rings is 1. The highest BCUT2D eigenvalue weighted by atomic mass is 16.4. The second-order valence-electron chi connectivity index (χ2n) is 4.38. The molecule has 2 fully saturated rings. The van der Waals surface area contributed by atoms with Crippen LogP contribution in [0.4, 0.5) is 5.69 Å². The molecule has 0 radical (unpaired) electrons. The fourth-order valence-electron chi connectivity index (χ4n) is 2.58. The van der Waals surface area contributed by atoms with Crippen molar-refractivity contribution in [1.29, 1.82) is 0 Å². The fourth-order valence-corrected chi connectivity index (χ4v) is 2.58. The van der Waals surface area contributed by atoms with Crippen molar-refractivity contribution in [2.24, 2.45) is 0 Å². The van der Waals surface area contributed by atoms with Gasteiger partial charge in [-0.25, -0.2) is 4.79 Å². The van der Waals surface area contributed by atoms with Crippen molar-refractivity contribution in [3.05, 3.63) is 24.0 Å². The summed E-state index contributed by atoms with van der Waals surface area (Å²) in [5, 5.41) is 12.3. The molecule has 1 aromatic rings. The summed E-state index contributed by atoms with van der Waals surface area (Å²) in [5.74, 6) is -0.920. The lowest BCUT2D eigenvalue weighted by Crippen LogP contribution is -2.43. The number of carboxylic acid groups (broad SMARTS) is 1. The molecular weight excluding hydrogens is 206 g/mol. The Balaban J connectivity index is 1.89. The lowest BCUT2D eigenvalue weighted by atomic mass is 10.2. The molecule has 16 heavy (non-hydrogen) atoms. The zero-order valence-electron chi connectivity index (χ0n) is 8.76. The van der Waals surface area contributed by atoms with Crippen molar-refractivity contribution in [1.82, 2.24) is 10.3 Å². The minimum atomic E-state index is -0.920. The van der Waals surface area contributed by atoms with E-state index in [0.29, 0.717) is 12.1 Å². The van der Waals surface area contributed by atoms with Gasteiger partial charge < -0.3 is 15.3 Å². The Bertz CT molecular complexity index is 435. The monoisotopic (exact) mass is 219 g/mol. The van der Waals surface area contributed by atoms with Crippen LogP contribution in [-0.2, 0) is 0 Å². The number of anilines is 1. The first kappa shape index (κ1) is 9.59. The molecule has 2 aliphatic rings. The van der Waals surface area contributed by atoms with Gasteiger partial charge >= 0.3 is 5.97 Å². The third-order valence-corrected chi connectivity index (χ3v) is 3.36. The SMILES string of the molecule is O=C(O)c1cncc(N2C[C@@H]3C[C@H]2CN3)c1. The van der Waals surface area contributed by atoms with E-state index in [2.05, 4.69) is 15.2 Å². The second-order valence-corrected chi connectivity index (χ2v) is 4.38. The van der Waals surface area contributed by atoms with E-state index in [9.17, 15) is 4.79 Å². The summed E-state index contributed by atoms with van der Waals surface area (Å²) in [6, 6.07) is 2.75. The standard InChI is InChI=1S/C11H13N3O2/c15-11(16)7-1-9(4-12-3-7)14-6-8-2-10(14)5-13-8/h1,3-4,8,10,13H,2,5-6H2,(H,15,16)/t8-,10-/m0/s1. The molecule has 0 spiro atoms. The van der Waals surface area contributed by atoms with Crippen LogP contribution in [0.1, 0.15) is 16.8 Å². The Hall–Kier alpha value is -1.62. The molecule has 2 N–H and O–H groups in total. The molecular formula is C11H13N3O2. The van der Waals surface area contributed by atoms with Gasteiger partial charge in [0.25, 0.3) is 0 Å². The molecule has 0 aliphatic carbocycles. The van der Waals surface area contributed by atoms with E-state index >= 15 is 0 Å². The second kappa shape index (κ2) is 3.45. The summed E-state index contributed by atoms with van der Waals surface area (Å²) < 4.78 is 0. The molecule has 0 amide bonds. The van der Waals surface area contributed by atoms with Crippen LogP contribution in [0.2, 0.25) is 0 Å². The van der Waals surface area contributed by atoms with Gasteiger partial charge in [-0.1, -0.05) is 0 Å². The predicted molar refractivity (Wildman–Crippen MR) is 58.7 cm³/mol. The number of piperazine rings is 1. The van der Waals surface area contributed by atoms with Crippen LogP contribution >= 0.6 is 0 Å². The van der Waals surface area contributed by atoms with Gasteiger partial charge in [0.05, 0.1) is 17.4 Å². The number of rotatable bonds is 2. The number of nitrogens with zero attached hydrogens (tertiary/aromatic N) is 2. The summed E-state index contributed by atoms with van der Waals surface area (Å²) in [4.78, 5) is 17.1. The van der Waals surface area contributed by atoms with Crippen molar-refractivity contribution in [3.63, 3.8) is 0 Å². The van der Waals surface area contributed by atoms with Crippen LogP contribution in [0.3, 0.4) is 0 Å². The van der Waals surface area contributed by atoms with Gasteiger partial charge in [-0.2, -0.15) is 0 Å². The van der Waals surface area contributed by atoms with Crippen LogP contribution in [0, 0.1) is 0 Å². The van der Waals surface area contributed by atoms with E-state index in [-0.39, 0.29) is 5.56 Å². The highest BCUT2D eigenvalue weighted by molar-refractivity contribution is 5.88. The largest absolute Gasteiger partial charge is 0.478 e. The Morgan fingerprint density at radius 1 is 1.56 bits per heavy atom. The maximum atomic E-state index is 10.9. The van der Waals surface area contributed by atoms with Gasteiger partial charge in [0.15, 0.2) is 0 Å². The molecule has 5 heteroatoms. The van der Waals surface area contributed by atoms with Gasteiger partial charge in [0, 0.05) is 31.4 Å². The molecule has 2 bridgehead atoms. The molecule has 2 atom stereocenters. The van der Waals surface area contributed by atoms with Gasteiger partial charge in [-0.3, -0.25) is 4.98 Å². The topological polar surface area (TPSA) is 65.5 Å². The predicted octanol–water partition coefficient (Wildman–Crippen LogP) is 0.330. The third kappa shape index (κ3) is 1.44.